The van der Waals surface area contributed by atoms with E-state index in [1.54, 1.807) is 18.5 Å². The third-order valence-corrected chi connectivity index (χ3v) is 3.60. The van der Waals surface area contributed by atoms with Gasteiger partial charge in [0.1, 0.15) is 5.82 Å². The molecule has 21 heavy (non-hydrogen) atoms. The zero-order chi connectivity index (χ0) is 14.7. The molecule has 2 aromatic carbocycles. The number of para-hydroxylation sites is 2. The van der Waals surface area contributed by atoms with Gasteiger partial charge in [0.05, 0.1) is 17.4 Å². The second-order valence-electron chi connectivity index (χ2n) is 5.04. The fourth-order valence-electron chi connectivity index (χ4n) is 2.50. The molecule has 1 heterocycles. The van der Waals surface area contributed by atoms with E-state index in [1.165, 1.54) is 6.07 Å². The van der Waals surface area contributed by atoms with Crippen LogP contribution in [-0.2, 0) is 13.0 Å². The van der Waals surface area contributed by atoms with Crippen LogP contribution in [0.3, 0.4) is 0 Å². The predicted octanol–water partition coefficient (Wildman–Crippen LogP) is 2.25. The molecule has 0 saturated heterocycles. The van der Waals surface area contributed by atoms with E-state index in [1.807, 2.05) is 34.9 Å². The van der Waals surface area contributed by atoms with E-state index in [0.29, 0.717) is 18.5 Å². The van der Waals surface area contributed by atoms with Crippen LogP contribution in [0.4, 0.5) is 4.39 Å². The second-order valence-corrected chi connectivity index (χ2v) is 5.04. The van der Waals surface area contributed by atoms with E-state index in [2.05, 4.69) is 10.4 Å². The van der Waals surface area contributed by atoms with Crippen LogP contribution in [0.5, 0.6) is 0 Å². The smallest absolute Gasteiger partial charge is 0.126 e. The summed E-state index contributed by atoms with van der Waals surface area (Å²) in [5, 5.41) is 0. The summed E-state index contributed by atoms with van der Waals surface area (Å²) in [6, 6.07) is 14.6. The topological polar surface area (TPSA) is 55.9 Å². The lowest BCUT2D eigenvalue weighted by molar-refractivity contribution is 0.452. The Kier molecular flexibility index (Phi) is 3.94. The van der Waals surface area contributed by atoms with Crippen LogP contribution >= 0.6 is 0 Å². The number of nitrogens with one attached hydrogen (secondary N) is 1. The number of imidazole rings is 1. The summed E-state index contributed by atoms with van der Waals surface area (Å²) in [4.78, 5) is 4.35. The molecule has 0 saturated carbocycles. The Hall–Kier alpha value is -2.24. The molecule has 108 valence electrons. The number of nitrogens with zero attached hydrogens (tertiary/aromatic N) is 2. The highest BCUT2D eigenvalue weighted by molar-refractivity contribution is 5.74. The van der Waals surface area contributed by atoms with Crippen LogP contribution in [-0.4, -0.2) is 15.6 Å². The van der Waals surface area contributed by atoms with Gasteiger partial charge in [-0.3, -0.25) is 11.3 Å². The first-order chi connectivity index (χ1) is 10.3. The molecular weight excluding hydrogens is 267 g/mol. The van der Waals surface area contributed by atoms with Crippen LogP contribution in [0.1, 0.15) is 5.56 Å². The van der Waals surface area contributed by atoms with Gasteiger partial charge in [-0.15, -0.1) is 0 Å². The first-order valence-electron chi connectivity index (χ1n) is 6.87. The molecule has 0 fully saturated rings. The number of aromatic nitrogens is 2. The summed E-state index contributed by atoms with van der Waals surface area (Å²) in [5.41, 5.74) is 5.41. The number of hydrogen-bond acceptors (Lipinski definition) is 3. The Morgan fingerprint density at radius 3 is 2.71 bits per heavy atom. The van der Waals surface area contributed by atoms with Gasteiger partial charge in [-0.1, -0.05) is 30.3 Å². The Morgan fingerprint density at radius 1 is 1.14 bits per heavy atom. The summed E-state index contributed by atoms with van der Waals surface area (Å²) in [5.74, 6) is 5.42. The first-order valence-corrected chi connectivity index (χ1v) is 6.87. The number of hydrazine groups is 1. The summed E-state index contributed by atoms with van der Waals surface area (Å²) in [6.45, 7) is 0.630. The van der Waals surface area contributed by atoms with Gasteiger partial charge in [0.25, 0.3) is 0 Å². The maximum Gasteiger partial charge on any atom is 0.126 e. The van der Waals surface area contributed by atoms with E-state index in [9.17, 15) is 4.39 Å². The van der Waals surface area contributed by atoms with Crippen molar-refractivity contribution in [1.82, 2.24) is 15.0 Å². The molecular formula is C16H17FN4. The van der Waals surface area contributed by atoms with Crippen molar-refractivity contribution in [3.63, 3.8) is 0 Å². The van der Waals surface area contributed by atoms with Crippen molar-refractivity contribution in [2.75, 3.05) is 0 Å². The monoisotopic (exact) mass is 284 g/mol. The minimum atomic E-state index is -0.201. The summed E-state index contributed by atoms with van der Waals surface area (Å²) >= 11 is 0. The van der Waals surface area contributed by atoms with Crippen LogP contribution in [0.15, 0.2) is 54.9 Å². The van der Waals surface area contributed by atoms with Crippen molar-refractivity contribution in [1.29, 1.82) is 0 Å². The Bertz CT molecular complexity index is 738. The minimum absolute atomic E-state index is 0.0699. The Balaban J connectivity index is 1.80. The van der Waals surface area contributed by atoms with Crippen LogP contribution < -0.4 is 11.3 Å². The summed E-state index contributed by atoms with van der Waals surface area (Å²) < 4.78 is 15.8. The van der Waals surface area contributed by atoms with Gasteiger partial charge in [-0.2, -0.15) is 0 Å². The first kappa shape index (κ1) is 13.7. The Morgan fingerprint density at radius 2 is 1.90 bits per heavy atom. The van der Waals surface area contributed by atoms with E-state index in [-0.39, 0.29) is 11.9 Å². The molecule has 0 aliphatic heterocycles. The van der Waals surface area contributed by atoms with Gasteiger partial charge in [-0.25, -0.2) is 9.37 Å². The lowest BCUT2D eigenvalue weighted by atomic mass is 10.1. The molecule has 0 aliphatic carbocycles. The third-order valence-electron chi connectivity index (χ3n) is 3.60. The van der Waals surface area contributed by atoms with Crippen molar-refractivity contribution in [3.05, 3.63) is 66.2 Å². The predicted molar refractivity (Wildman–Crippen MR) is 80.9 cm³/mol. The fourth-order valence-corrected chi connectivity index (χ4v) is 2.50. The van der Waals surface area contributed by atoms with Gasteiger partial charge >= 0.3 is 0 Å². The molecule has 1 unspecified atom stereocenters. The SMILES string of the molecule is NNC(Cc1ccccc1F)Cn1cnc2ccccc21. The van der Waals surface area contributed by atoms with Crippen LogP contribution in [0, 0.1) is 5.82 Å². The fraction of sp³-hybridized carbons (Fsp3) is 0.188. The van der Waals surface area contributed by atoms with Crippen molar-refractivity contribution < 1.29 is 4.39 Å². The van der Waals surface area contributed by atoms with Crippen molar-refractivity contribution >= 4 is 11.0 Å². The van der Waals surface area contributed by atoms with Gasteiger partial charge in [-0.05, 0) is 30.2 Å². The normalized spacial score (nSPS) is 12.7. The van der Waals surface area contributed by atoms with Crippen molar-refractivity contribution in [2.24, 2.45) is 5.84 Å². The number of benzene rings is 2. The maximum atomic E-state index is 13.7. The average Bonchev–Trinajstić information content (AvgIpc) is 2.92. The maximum absolute atomic E-state index is 13.7. The van der Waals surface area contributed by atoms with Crippen molar-refractivity contribution in [2.45, 2.75) is 19.0 Å². The van der Waals surface area contributed by atoms with E-state index in [4.69, 9.17) is 5.84 Å². The molecule has 0 radical (unpaired) electrons. The lowest BCUT2D eigenvalue weighted by Crippen LogP contribution is -2.40. The second kappa shape index (κ2) is 6.03. The number of hydrogen-bond donors (Lipinski definition) is 2. The Labute approximate surface area is 122 Å². The largest absolute Gasteiger partial charge is 0.329 e. The lowest BCUT2D eigenvalue weighted by Gasteiger charge is -2.17. The molecule has 0 amide bonds. The van der Waals surface area contributed by atoms with Gasteiger partial charge in [0.2, 0.25) is 0 Å². The van der Waals surface area contributed by atoms with Gasteiger partial charge < -0.3 is 4.57 Å². The third kappa shape index (κ3) is 2.94. The average molecular weight is 284 g/mol. The molecule has 3 aromatic rings. The number of rotatable bonds is 5. The van der Waals surface area contributed by atoms with Gasteiger partial charge in [0.15, 0.2) is 0 Å². The molecule has 5 heteroatoms. The standard InChI is InChI=1S/C16H17FN4/c17-14-6-2-1-5-12(14)9-13(20-18)10-21-11-19-15-7-3-4-8-16(15)21/h1-8,11,13,20H,9-10,18H2. The molecule has 3 rings (SSSR count). The quantitative estimate of drug-likeness (QED) is 0.558. The van der Waals surface area contributed by atoms with Crippen molar-refractivity contribution in [3.8, 4) is 0 Å². The molecule has 0 aliphatic rings. The minimum Gasteiger partial charge on any atom is -0.329 e. The number of nitrogens with two attached hydrogens (primary N) is 1. The van der Waals surface area contributed by atoms with Crippen LogP contribution in [0.2, 0.25) is 0 Å². The number of fused-ring (bicyclic) bond motifs is 1. The molecule has 3 N–H and O–H groups in total. The summed E-state index contributed by atoms with van der Waals surface area (Å²) in [7, 11) is 0. The molecule has 1 atom stereocenters. The molecule has 0 spiro atoms. The summed E-state index contributed by atoms with van der Waals surface area (Å²) in [6.07, 6.45) is 2.31. The highest BCUT2D eigenvalue weighted by Gasteiger charge is 2.13. The molecule has 4 nitrogen and oxygen atoms in total. The zero-order valence-electron chi connectivity index (χ0n) is 11.5. The highest BCUT2D eigenvalue weighted by atomic mass is 19.1. The molecule has 0 bridgehead atoms. The highest BCUT2D eigenvalue weighted by Crippen LogP contribution is 2.14. The van der Waals surface area contributed by atoms with E-state index >= 15 is 0 Å². The van der Waals surface area contributed by atoms with Gasteiger partial charge in [0, 0.05) is 12.6 Å². The number of halogens is 1. The van der Waals surface area contributed by atoms with E-state index in [0.717, 1.165) is 11.0 Å². The van der Waals surface area contributed by atoms with E-state index < -0.39 is 0 Å². The van der Waals surface area contributed by atoms with Crippen LogP contribution in [0.25, 0.3) is 11.0 Å². The zero-order valence-corrected chi connectivity index (χ0v) is 11.5. The molecule has 1 aromatic heterocycles.